The standard InChI is InChI=1S/C22H18F3N7O2/c1-31-9-15(7-29-31)32(8-14-3-2-13(6-27-14)22(23,24)25)21(33)12-4-16-17-10-34-11-18(17)19(26)30-20(16)28-5-12/h2-7,9H,8,10-11H2,1H3,(H2,26,28,30). The van der Waals surface area contributed by atoms with E-state index in [4.69, 9.17) is 10.5 Å². The van der Waals surface area contributed by atoms with Gasteiger partial charge in [-0.2, -0.15) is 18.3 Å². The predicted molar refractivity (Wildman–Crippen MR) is 115 cm³/mol. The maximum atomic E-state index is 13.6. The lowest BCUT2D eigenvalue weighted by molar-refractivity contribution is -0.137. The summed E-state index contributed by atoms with van der Waals surface area (Å²) in [5.41, 5.74) is 8.14. The number of pyridine rings is 3. The van der Waals surface area contributed by atoms with Crippen LogP contribution in [0, 0.1) is 0 Å². The van der Waals surface area contributed by atoms with Crippen LogP contribution in [0.1, 0.15) is 32.7 Å². The van der Waals surface area contributed by atoms with Gasteiger partial charge in [-0.1, -0.05) is 0 Å². The van der Waals surface area contributed by atoms with Crippen molar-refractivity contribution in [1.29, 1.82) is 0 Å². The Morgan fingerprint density at radius 3 is 2.65 bits per heavy atom. The van der Waals surface area contributed by atoms with E-state index in [1.807, 2.05) is 0 Å². The molecule has 174 valence electrons. The van der Waals surface area contributed by atoms with Crippen LogP contribution < -0.4 is 10.6 Å². The Labute approximate surface area is 191 Å². The molecule has 1 aliphatic heterocycles. The van der Waals surface area contributed by atoms with Crippen LogP contribution in [0.25, 0.3) is 11.0 Å². The number of aromatic nitrogens is 5. The molecule has 2 N–H and O–H groups in total. The number of nitrogen functional groups attached to an aromatic ring is 1. The summed E-state index contributed by atoms with van der Waals surface area (Å²) >= 11 is 0. The molecule has 0 saturated carbocycles. The highest BCUT2D eigenvalue weighted by molar-refractivity contribution is 6.07. The number of nitrogens with two attached hydrogens (primary N) is 1. The second-order valence-corrected chi connectivity index (χ2v) is 7.84. The third-order valence-corrected chi connectivity index (χ3v) is 5.55. The first-order chi connectivity index (χ1) is 16.2. The molecule has 0 fully saturated rings. The molecule has 4 aromatic heterocycles. The van der Waals surface area contributed by atoms with Gasteiger partial charge in [-0.05, 0) is 23.8 Å². The molecule has 0 radical (unpaired) electrons. The number of nitrogens with zero attached hydrogens (tertiary/aromatic N) is 6. The molecular formula is C22H18F3N7O2. The molecule has 5 heterocycles. The summed E-state index contributed by atoms with van der Waals surface area (Å²) in [4.78, 5) is 27.5. The number of rotatable bonds is 4. The highest BCUT2D eigenvalue weighted by Crippen LogP contribution is 2.32. The highest BCUT2D eigenvalue weighted by Gasteiger charge is 2.31. The molecule has 9 nitrogen and oxygen atoms in total. The van der Waals surface area contributed by atoms with Crippen molar-refractivity contribution in [3.8, 4) is 0 Å². The first-order valence-electron chi connectivity index (χ1n) is 10.2. The SMILES string of the molecule is Cn1cc(N(Cc2ccc(C(F)(F)F)cn2)C(=O)c2cnc3nc(N)c4c(c3c2)COC4)cn1. The third-order valence-electron chi connectivity index (χ3n) is 5.55. The van der Waals surface area contributed by atoms with Gasteiger partial charge in [0.2, 0.25) is 0 Å². The van der Waals surface area contributed by atoms with Crippen molar-refractivity contribution in [2.75, 3.05) is 10.6 Å². The quantitative estimate of drug-likeness (QED) is 0.488. The Morgan fingerprint density at radius 2 is 1.97 bits per heavy atom. The minimum absolute atomic E-state index is 0.0676. The van der Waals surface area contributed by atoms with E-state index < -0.39 is 17.6 Å². The lowest BCUT2D eigenvalue weighted by atomic mass is 10.1. The van der Waals surface area contributed by atoms with E-state index in [9.17, 15) is 18.0 Å². The van der Waals surface area contributed by atoms with E-state index >= 15 is 0 Å². The molecule has 0 spiro atoms. The Morgan fingerprint density at radius 1 is 1.18 bits per heavy atom. The molecule has 4 aromatic rings. The number of hydrogen-bond donors (Lipinski definition) is 1. The van der Waals surface area contributed by atoms with Gasteiger partial charge >= 0.3 is 6.18 Å². The monoisotopic (exact) mass is 469 g/mol. The molecule has 1 aliphatic rings. The van der Waals surface area contributed by atoms with Crippen molar-refractivity contribution in [1.82, 2.24) is 24.7 Å². The van der Waals surface area contributed by atoms with Gasteiger partial charge in [0.1, 0.15) is 5.82 Å². The fourth-order valence-electron chi connectivity index (χ4n) is 3.80. The number of alkyl halides is 3. The van der Waals surface area contributed by atoms with Crippen molar-refractivity contribution in [2.24, 2.45) is 7.05 Å². The van der Waals surface area contributed by atoms with E-state index in [-0.39, 0.29) is 17.8 Å². The van der Waals surface area contributed by atoms with Crippen LogP contribution >= 0.6 is 0 Å². The second kappa shape index (κ2) is 8.06. The molecular weight excluding hydrogens is 451 g/mol. The van der Waals surface area contributed by atoms with Crippen LogP contribution in [-0.4, -0.2) is 30.6 Å². The Balaban J connectivity index is 1.52. The zero-order chi connectivity index (χ0) is 24.0. The van der Waals surface area contributed by atoms with Gasteiger partial charge in [-0.25, -0.2) is 9.97 Å². The molecule has 0 aliphatic carbocycles. The molecule has 1 amide bonds. The molecule has 5 rings (SSSR count). The van der Waals surface area contributed by atoms with Crippen LogP contribution in [0.2, 0.25) is 0 Å². The number of anilines is 2. The normalized spacial score (nSPS) is 13.3. The van der Waals surface area contributed by atoms with Crippen LogP contribution in [-0.2, 0) is 37.7 Å². The molecule has 0 atom stereocenters. The first-order valence-corrected chi connectivity index (χ1v) is 10.2. The number of carbonyl (C=O) groups is 1. The largest absolute Gasteiger partial charge is 0.417 e. The second-order valence-electron chi connectivity index (χ2n) is 7.84. The van der Waals surface area contributed by atoms with Crippen LogP contribution in [0.5, 0.6) is 0 Å². The molecule has 0 unspecified atom stereocenters. The summed E-state index contributed by atoms with van der Waals surface area (Å²) in [5, 5.41) is 4.76. The van der Waals surface area contributed by atoms with Crippen LogP contribution in [0.15, 0.2) is 43.0 Å². The number of amides is 1. The smallest absolute Gasteiger partial charge is 0.383 e. The minimum atomic E-state index is -4.50. The highest BCUT2D eigenvalue weighted by atomic mass is 19.4. The molecule has 0 saturated heterocycles. The fourth-order valence-corrected chi connectivity index (χ4v) is 3.80. The Kier molecular flexibility index (Phi) is 5.16. The fraction of sp³-hybridized carbons (Fsp3) is 0.227. The lowest BCUT2D eigenvalue weighted by Gasteiger charge is -2.21. The number of carbonyl (C=O) groups excluding carboxylic acids is 1. The summed E-state index contributed by atoms with van der Waals surface area (Å²) in [6.45, 7) is 0.602. The molecule has 34 heavy (non-hydrogen) atoms. The van der Waals surface area contributed by atoms with Gasteiger partial charge < -0.3 is 10.5 Å². The van der Waals surface area contributed by atoms with E-state index in [1.165, 1.54) is 28.0 Å². The number of hydrogen-bond acceptors (Lipinski definition) is 7. The Hall–Kier alpha value is -4.06. The summed E-state index contributed by atoms with van der Waals surface area (Å²) < 4.78 is 45.7. The Bertz CT molecular complexity index is 1400. The topological polar surface area (TPSA) is 112 Å². The summed E-state index contributed by atoms with van der Waals surface area (Å²) in [6, 6.07) is 3.86. The number of halogens is 3. The predicted octanol–water partition coefficient (Wildman–Crippen LogP) is 3.24. The maximum Gasteiger partial charge on any atom is 0.417 e. The molecule has 0 bridgehead atoms. The van der Waals surface area contributed by atoms with Gasteiger partial charge in [0.15, 0.2) is 5.65 Å². The average molecular weight is 469 g/mol. The van der Waals surface area contributed by atoms with Crippen molar-refractivity contribution < 1.29 is 22.7 Å². The number of aryl methyl sites for hydroxylation is 1. The van der Waals surface area contributed by atoms with Gasteiger partial charge in [-0.15, -0.1) is 0 Å². The molecule has 12 heteroatoms. The van der Waals surface area contributed by atoms with Crippen molar-refractivity contribution in [2.45, 2.75) is 25.9 Å². The van der Waals surface area contributed by atoms with E-state index in [1.54, 1.807) is 19.3 Å². The maximum absolute atomic E-state index is 13.6. The first kappa shape index (κ1) is 21.8. The van der Waals surface area contributed by atoms with Gasteiger partial charge in [0, 0.05) is 36.6 Å². The third kappa shape index (κ3) is 3.92. The summed E-state index contributed by atoms with van der Waals surface area (Å²) in [5.74, 6) is -0.0782. The average Bonchev–Trinajstić information content (AvgIpc) is 3.46. The van der Waals surface area contributed by atoms with E-state index in [2.05, 4.69) is 20.1 Å². The number of fused-ring (bicyclic) bond motifs is 3. The molecule has 0 aromatic carbocycles. The number of ether oxygens (including phenoxy) is 1. The van der Waals surface area contributed by atoms with Crippen LogP contribution in [0.4, 0.5) is 24.7 Å². The van der Waals surface area contributed by atoms with Crippen LogP contribution in [0.3, 0.4) is 0 Å². The van der Waals surface area contributed by atoms with Crippen molar-refractivity contribution in [3.63, 3.8) is 0 Å². The summed E-state index contributed by atoms with van der Waals surface area (Å²) in [7, 11) is 1.69. The summed E-state index contributed by atoms with van der Waals surface area (Å²) in [6.07, 6.45) is 0.762. The van der Waals surface area contributed by atoms with Gasteiger partial charge in [0.25, 0.3) is 5.91 Å². The lowest BCUT2D eigenvalue weighted by Crippen LogP contribution is -2.30. The zero-order valence-corrected chi connectivity index (χ0v) is 17.9. The minimum Gasteiger partial charge on any atom is -0.383 e. The van der Waals surface area contributed by atoms with Gasteiger partial charge in [0.05, 0.1) is 48.5 Å². The van der Waals surface area contributed by atoms with E-state index in [0.717, 1.165) is 23.4 Å². The van der Waals surface area contributed by atoms with E-state index in [0.29, 0.717) is 35.8 Å². The van der Waals surface area contributed by atoms with Gasteiger partial charge in [-0.3, -0.25) is 19.4 Å². The van der Waals surface area contributed by atoms with Crippen molar-refractivity contribution >= 4 is 28.4 Å². The zero-order valence-electron chi connectivity index (χ0n) is 17.9. The van der Waals surface area contributed by atoms with Crippen molar-refractivity contribution in [3.05, 3.63) is 70.9 Å².